The van der Waals surface area contributed by atoms with Gasteiger partial charge in [0.1, 0.15) is 0 Å². The average molecular weight is 211 g/mol. The van der Waals surface area contributed by atoms with E-state index in [4.69, 9.17) is 5.11 Å². The highest BCUT2D eigenvalue weighted by Crippen LogP contribution is 1.98. The maximum Gasteiger partial charge on any atom is 0.309 e. The number of hydrogen-bond acceptors (Lipinski definition) is 4. The van der Waals surface area contributed by atoms with Crippen molar-refractivity contribution in [1.29, 1.82) is 0 Å². The molecular formula is C8H9N3O4. The van der Waals surface area contributed by atoms with E-state index < -0.39 is 17.4 Å². The largest absolute Gasteiger partial charge is 0.481 e. The molecule has 7 heteroatoms. The van der Waals surface area contributed by atoms with Crippen LogP contribution in [0.3, 0.4) is 0 Å². The van der Waals surface area contributed by atoms with E-state index in [1.165, 1.54) is 6.92 Å². The quantitative estimate of drug-likeness (QED) is 0.615. The molecule has 80 valence electrons. The molecule has 0 atom stereocenters. The van der Waals surface area contributed by atoms with Gasteiger partial charge in [-0.05, 0) is 0 Å². The van der Waals surface area contributed by atoms with Crippen LogP contribution in [0.15, 0.2) is 10.9 Å². The Labute approximate surface area is 84.2 Å². The number of carbonyl (C=O) groups excluding carboxylic acids is 1. The number of carboxylic acid groups (broad SMARTS) is 1. The predicted molar refractivity (Wildman–Crippen MR) is 50.5 cm³/mol. The Balaban J connectivity index is 2.99. The maximum atomic E-state index is 11.0. The summed E-state index contributed by atoms with van der Waals surface area (Å²) in [5.74, 6) is -1.54. The third kappa shape index (κ3) is 3.59. The molecule has 0 saturated carbocycles. The fourth-order valence-corrected chi connectivity index (χ4v) is 0.979. The van der Waals surface area contributed by atoms with Crippen LogP contribution in [-0.4, -0.2) is 27.0 Å². The topological polar surface area (TPSA) is 112 Å². The first-order valence-corrected chi connectivity index (χ1v) is 4.07. The minimum absolute atomic E-state index is 0.0498. The van der Waals surface area contributed by atoms with Crippen molar-refractivity contribution in [2.45, 2.75) is 13.3 Å². The van der Waals surface area contributed by atoms with Gasteiger partial charge in [-0.1, -0.05) is 0 Å². The number of aromatic nitrogens is 2. The van der Waals surface area contributed by atoms with Crippen LogP contribution >= 0.6 is 0 Å². The number of anilines is 1. The summed E-state index contributed by atoms with van der Waals surface area (Å²) in [5.41, 5.74) is -0.417. The molecule has 0 spiro atoms. The number of H-pyrrole nitrogens is 1. The lowest BCUT2D eigenvalue weighted by atomic mass is 10.3. The van der Waals surface area contributed by atoms with Crippen molar-refractivity contribution >= 4 is 17.8 Å². The lowest BCUT2D eigenvalue weighted by Gasteiger charge is -2.01. The van der Waals surface area contributed by atoms with E-state index in [1.807, 2.05) is 0 Å². The summed E-state index contributed by atoms with van der Waals surface area (Å²) in [4.78, 5) is 38.1. The molecule has 0 aromatic carbocycles. The van der Waals surface area contributed by atoms with Crippen molar-refractivity contribution in [3.05, 3.63) is 22.1 Å². The monoisotopic (exact) mass is 211 g/mol. The van der Waals surface area contributed by atoms with Crippen molar-refractivity contribution in [3.63, 3.8) is 0 Å². The van der Waals surface area contributed by atoms with Crippen molar-refractivity contribution in [3.8, 4) is 0 Å². The molecule has 0 bridgehead atoms. The van der Waals surface area contributed by atoms with E-state index in [0.717, 1.165) is 6.07 Å². The number of nitrogens with zero attached hydrogens (tertiary/aromatic N) is 1. The van der Waals surface area contributed by atoms with Gasteiger partial charge in [-0.25, -0.2) is 4.98 Å². The average Bonchev–Trinajstić information content (AvgIpc) is 1.98. The standard InChI is InChI=1S/C8H9N3O4/c1-4(12)9-8-10-5(3-7(14)15)2-6(13)11-8/h2H,3H2,1H3,(H,14,15)(H2,9,10,11,12,13). The summed E-state index contributed by atoms with van der Waals surface area (Å²) in [6.45, 7) is 1.25. The fourth-order valence-electron chi connectivity index (χ4n) is 0.979. The molecule has 0 radical (unpaired) electrons. The van der Waals surface area contributed by atoms with Gasteiger partial charge in [0.05, 0.1) is 12.1 Å². The zero-order valence-electron chi connectivity index (χ0n) is 7.90. The number of carbonyl (C=O) groups is 2. The van der Waals surface area contributed by atoms with E-state index >= 15 is 0 Å². The van der Waals surface area contributed by atoms with Crippen molar-refractivity contribution in [1.82, 2.24) is 9.97 Å². The van der Waals surface area contributed by atoms with Crippen LogP contribution < -0.4 is 10.9 Å². The minimum atomic E-state index is -1.10. The smallest absolute Gasteiger partial charge is 0.309 e. The van der Waals surface area contributed by atoms with E-state index in [0.29, 0.717) is 0 Å². The zero-order chi connectivity index (χ0) is 11.4. The number of aliphatic carboxylic acids is 1. The SMILES string of the molecule is CC(=O)Nc1nc(CC(=O)O)cc(=O)[nH]1. The van der Waals surface area contributed by atoms with Gasteiger partial charge in [-0.3, -0.25) is 24.7 Å². The Morgan fingerprint density at radius 2 is 2.27 bits per heavy atom. The summed E-state index contributed by atoms with van der Waals surface area (Å²) in [5, 5.41) is 10.8. The number of amides is 1. The fraction of sp³-hybridized carbons (Fsp3) is 0.250. The highest BCUT2D eigenvalue weighted by molar-refractivity contribution is 5.86. The first-order chi connectivity index (χ1) is 6.97. The van der Waals surface area contributed by atoms with Gasteiger partial charge in [-0.2, -0.15) is 0 Å². The van der Waals surface area contributed by atoms with E-state index in [-0.39, 0.29) is 18.1 Å². The highest BCUT2D eigenvalue weighted by Gasteiger charge is 2.06. The summed E-state index contributed by atoms with van der Waals surface area (Å²) in [6, 6.07) is 1.07. The Hall–Kier alpha value is -2.18. The van der Waals surface area contributed by atoms with Gasteiger partial charge in [-0.15, -0.1) is 0 Å². The second-order valence-electron chi connectivity index (χ2n) is 2.84. The van der Waals surface area contributed by atoms with Crippen LogP contribution in [-0.2, 0) is 16.0 Å². The molecule has 15 heavy (non-hydrogen) atoms. The zero-order valence-corrected chi connectivity index (χ0v) is 7.90. The van der Waals surface area contributed by atoms with Gasteiger partial charge < -0.3 is 5.11 Å². The molecule has 0 unspecified atom stereocenters. The van der Waals surface area contributed by atoms with E-state index in [1.54, 1.807) is 0 Å². The first kappa shape index (κ1) is 10.9. The van der Waals surface area contributed by atoms with Crippen LogP contribution in [0.5, 0.6) is 0 Å². The lowest BCUT2D eigenvalue weighted by Crippen LogP contribution is -2.17. The van der Waals surface area contributed by atoms with Crippen molar-refractivity contribution < 1.29 is 14.7 Å². The molecule has 1 aromatic heterocycles. The molecule has 7 nitrogen and oxygen atoms in total. The van der Waals surface area contributed by atoms with Gasteiger partial charge in [0.2, 0.25) is 11.9 Å². The number of aromatic amines is 1. The number of carboxylic acids is 1. The van der Waals surface area contributed by atoms with E-state index in [2.05, 4.69) is 15.3 Å². The third-order valence-corrected chi connectivity index (χ3v) is 1.42. The summed E-state index contributed by atoms with van der Waals surface area (Å²) < 4.78 is 0. The van der Waals surface area contributed by atoms with Gasteiger partial charge in [0, 0.05) is 13.0 Å². The highest BCUT2D eigenvalue weighted by atomic mass is 16.4. The third-order valence-electron chi connectivity index (χ3n) is 1.42. The number of hydrogen-bond donors (Lipinski definition) is 3. The van der Waals surface area contributed by atoms with Crippen LogP contribution in [0.4, 0.5) is 5.95 Å². The van der Waals surface area contributed by atoms with Crippen LogP contribution in [0, 0.1) is 0 Å². The van der Waals surface area contributed by atoms with Gasteiger partial charge in [0.15, 0.2) is 0 Å². The Morgan fingerprint density at radius 1 is 1.60 bits per heavy atom. The molecule has 1 amide bonds. The maximum absolute atomic E-state index is 11.0. The summed E-state index contributed by atoms with van der Waals surface area (Å²) in [7, 11) is 0. The Morgan fingerprint density at radius 3 is 2.80 bits per heavy atom. The molecule has 1 rings (SSSR count). The number of nitrogens with one attached hydrogen (secondary N) is 2. The molecule has 0 aliphatic carbocycles. The van der Waals surface area contributed by atoms with Gasteiger partial charge >= 0.3 is 5.97 Å². The molecule has 0 aliphatic heterocycles. The molecule has 0 aliphatic rings. The normalized spacial score (nSPS) is 9.67. The van der Waals surface area contributed by atoms with Crippen LogP contribution in [0.25, 0.3) is 0 Å². The predicted octanol–water partition coefficient (Wildman–Crippen LogP) is -0.645. The second kappa shape index (κ2) is 4.36. The molecule has 1 aromatic rings. The van der Waals surface area contributed by atoms with Crippen LogP contribution in [0.2, 0.25) is 0 Å². The van der Waals surface area contributed by atoms with Crippen molar-refractivity contribution in [2.75, 3.05) is 5.32 Å². The molecular weight excluding hydrogens is 202 g/mol. The summed E-state index contributed by atoms with van der Waals surface area (Å²) >= 11 is 0. The van der Waals surface area contributed by atoms with E-state index in [9.17, 15) is 14.4 Å². The first-order valence-electron chi connectivity index (χ1n) is 4.07. The molecule has 3 N–H and O–H groups in total. The minimum Gasteiger partial charge on any atom is -0.481 e. The van der Waals surface area contributed by atoms with Crippen molar-refractivity contribution in [2.24, 2.45) is 0 Å². The lowest BCUT2D eigenvalue weighted by molar-refractivity contribution is -0.136. The van der Waals surface area contributed by atoms with Crippen LogP contribution in [0.1, 0.15) is 12.6 Å². The summed E-state index contributed by atoms with van der Waals surface area (Å²) in [6.07, 6.45) is -0.365. The molecule has 1 heterocycles. The Kier molecular flexibility index (Phi) is 3.17. The Bertz CT molecular complexity index is 414. The molecule has 0 fully saturated rings. The second-order valence-corrected chi connectivity index (χ2v) is 2.84. The number of rotatable bonds is 3. The molecule has 0 saturated heterocycles. The van der Waals surface area contributed by atoms with Gasteiger partial charge in [0.25, 0.3) is 5.56 Å².